The lowest BCUT2D eigenvalue weighted by molar-refractivity contribution is 0.0697. The van der Waals surface area contributed by atoms with Crippen LogP contribution >= 0.6 is 0 Å². The number of nitrogens with one attached hydrogen (secondary N) is 1. The maximum absolute atomic E-state index is 10.9. The third-order valence-corrected chi connectivity index (χ3v) is 3.69. The van der Waals surface area contributed by atoms with Crippen molar-refractivity contribution >= 4 is 17.9 Å². The maximum atomic E-state index is 10.9. The van der Waals surface area contributed by atoms with Crippen molar-refractivity contribution in [2.75, 3.05) is 5.43 Å². The van der Waals surface area contributed by atoms with Gasteiger partial charge in [0, 0.05) is 5.56 Å². The molecule has 0 aliphatic carbocycles. The van der Waals surface area contributed by atoms with E-state index in [4.69, 9.17) is 9.84 Å². The van der Waals surface area contributed by atoms with E-state index in [-0.39, 0.29) is 5.56 Å². The topological polar surface area (TPSA) is 70.9 Å². The van der Waals surface area contributed by atoms with Crippen LogP contribution in [0.15, 0.2) is 84.0 Å². The summed E-state index contributed by atoms with van der Waals surface area (Å²) in [5, 5.41) is 13.2. The van der Waals surface area contributed by atoms with E-state index in [9.17, 15) is 4.79 Å². The third kappa shape index (κ3) is 4.70. The second kappa shape index (κ2) is 8.48. The van der Waals surface area contributed by atoms with Gasteiger partial charge in [-0.1, -0.05) is 42.5 Å². The number of anilines is 1. The third-order valence-electron chi connectivity index (χ3n) is 3.69. The molecule has 3 aromatic rings. The van der Waals surface area contributed by atoms with Crippen LogP contribution in [-0.4, -0.2) is 17.3 Å². The Morgan fingerprint density at radius 1 is 0.962 bits per heavy atom. The summed E-state index contributed by atoms with van der Waals surface area (Å²) >= 11 is 0. The van der Waals surface area contributed by atoms with Crippen molar-refractivity contribution < 1.29 is 14.6 Å². The Morgan fingerprint density at radius 2 is 1.65 bits per heavy atom. The van der Waals surface area contributed by atoms with Crippen LogP contribution in [0.25, 0.3) is 0 Å². The van der Waals surface area contributed by atoms with E-state index in [2.05, 4.69) is 10.5 Å². The standard InChI is InChI=1S/C21H18N2O3/c24-21(25)17-12-10-16(11-13-17)15-26-20-9-5-4-6-18(20)14-22-23-19-7-2-1-3-8-19/h1-14,23H,15H2,(H,24,25)/b22-14+. The zero-order valence-corrected chi connectivity index (χ0v) is 14.0. The largest absolute Gasteiger partial charge is 0.488 e. The molecule has 0 fully saturated rings. The van der Waals surface area contributed by atoms with Gasteiger partial charge in [0.2, 0.25) is 0 Å². The zero-order valence-electron chi connectivity index (χ0n) is 14.0. The smallest absolute Gasteiger partial charge is 0.335 e. The molecule has 0 heterocycles. The van der Waals surface area contributed by atoms with Gasteiger partial charge >= 0.3 is 5.97 Å². The van der Waals surface area contributed by atoms with Gasteiger partial charge in [0.1, 0.15) is 12.4 Å². The molecule has 5 heteroatoms. The quantitative estimate of drug-likeness (QED) is 0.491. The van der Waals surface area contributed by atoms with Crippen molar-refractivity contribution in [1.82, 2.24) is 0 Å². The Balaban J connectivity index is 1.64. The molecule has 0 radical (unpaired) electrons. The van der Waals surface area contributed by atoms with E-state index in [1.165, 1.54) is 0 Å². The monoisotopic (exact) mass is 346 g/mol. The highest BCUT2D eigenvalue weighted by Gasteiger charge is 2.04. The Morgan fingerprint density at radius 3 is 2.38 bits per heavy atom. The van der Waals surface area contributed by atoms with Crippen molar-refractivity contribution in [3.63, 3.8) is 0 Å². The van der Waals surface area contributed by atoms with Gasteiger partial charge in [-0.25, -0.2) is 4.79 Å². The summed E-state index contributed by atoms with van der Waals surface area (Å²) in [5.41, 5.74) is 5.87. The number of hydrogen-bond donors (Lipinski definition) is 2. The second-order valence-corrected chi connectivity index (χ2v) is 5.56. The lowest BCUT2D eigenvalue weighted by Gasteiger charge is -2.09. The van der Waals surface area contributed by atoms with Gasteiger partial charge < -0.3 is 9.84 Å². The lowest BCUT2D eigenvalue weighted by Crippen LogP contribution is -2.00. The minimum atomic E-state index is -0.940. The number of carboxylic acids is 1. The van der Waals surface area contributed by atoms with Crippen LogP contribution in [0.2, 0.25) is 0 Å². The number of nitrogens with zero attached hydrogens (tertiary/aromatic N) is 1. The summed E-state index contributed by atoms with van der Waals surface area (Å²) in [6.45, 7) is 0.344. The Hall–Kier alpha value is -3.60. The van der Waals surface area contributed by atoms with Crippen molar-refractivity contribution in [2.24, 2.45) is 5.10 Å². The van der Waals surface area contributed by atoms with Gasteiger partial charge in [-0.3, -0.25) is 5.43 Å². The number of hydrazone groups is 1. The number of rotatable bonds is 7. The highest BCUT2D eigenvalue weighted by atomic mass is 16.5. The van der Waals surface area contributed by atoms with Gasteiger partial charge in [-0.05, 0) is 42.0 Å². The lowest BCUT2D eigenvalue weighted by atomic mass is 10.1. The van der Waals surface area contributed by atoms with Crippen LogP contribution in [0.4, 0.5) is 5.69 Å². The fourth-order valence-corrected chi connectivity index (χ4v) is 2.31. The molecule has 0 aliphatic heterocycles. The molecule has 0 saturated carbocycles. The van der Waals surface area contributed by atoms with Gasteiger partial charge in [-0.2, -0.15) is 5.10 Å². The van der Waals surface area contributed by atoms with Crippen LogP contribution in [0, 0.1) is 0 Å². The van der Waals surface area contributed by atoms with E-state index < -0.39 is 5.97 Å². The Kier molecular flexibility index (Phi) is 5.62. The van der Waals surface area contributed by atoms with Crippen LogP contribution in [-0.2, 0) is 6.61 Å². The summed E-state index contributed by atoms with van der Waals surface area (Å²) in [7, 11) is 0. The van der Waals surface area contributed by atoms with Gasteiger partial charge in [0.15, 0.2) is 0 Å². The molecule has 0 atom stereocenters. The predicted octanol–water partition coefficient (Wildman–Crippen LogP) is 4.41. The number of ether oxygens (including phenoxy) is 1. The van der Waals surface area contributed by atoms with Crippen LogP contribution in [0.1, 0.15) is 21.5 Å². The summed E-state index contributed by atoms with van der Waals surface area (Å²) in [4.78, 5) is 10.9. The van der Waals surface area contributed by atoms with E-state index in [1.54, 1.807) is 30.5 Å². The molecular formula is C21H18N2O3. The number of hydrogen-bond acceptors (Lipinski definition) is 4. The fourth-order valence-electron chi connectivity index (χ4n) is 2.31. The molecule has 5 nitrogen and oxygen atoms in total. The minimum absolute atomic E-state index is 0.258. The first-order chi connectivity index (χ1) is 12.7. The summed E-state index contributed by atoms with van der Waals surface area (Å²) in [5.74, 6) is -0.238. The molecule has 3 rings (SSSR count). The fraction of sp³-hybridized carbons (Fsp3) is 0.0476. The molecule has 0 saturated heterocycles. The molecule has 130 valence electrons. The molecule has 0 bridgehead atoms. The molecular weight excluding hydrogens is 328 g/mol. The first-order valence-electron chi connectivity index (χ1n) is 8.10. The molecule has 0 aliphatic rings. The number of carbonyl (C=O) groups is 1. The molecule has 0 spiro atoms. The van der Waals surface area contributed by atoms with Crippen LogP contribution in [0.5, 0.6) is 5.75 Å². The molecule has 2 N–H and O–H groups in total. The van der Waals surface area contributed by atoms with Crippen molar-refractivity contribution in [3.05, 3.63) is 95.6 Å². The van der Waals surface area contributed by atoms with Crippen molar-refractivity contribution in [2.45, 2.75) is 6.61 Å². The van der Waals surface area contributed by atoms with Crippen molar-refractivity contribution in [1.29, 1.82) is 0 Å². The van der Waals surface area contributed by atoms with Crippen LogP contribution < -0.4 is 10.2 Å². The first-order valence-corrected chi connectivity index (χ1v) is 8.10. The Labute approximate surface area is 151 Å². The molecule has 0 amide bonds. The highest BCUT2D eigenvalue weighted by molar-refractivity contribution is 5.87. The molecule has 0 unspecified atom stereocenters. The average Bonchev–Trinajstić information content (AvgIpc) is 2.68. The van der Waals surface area contributed by atoms with Crippen molar-refractivity contribution in [3.8, 4) is 5.75 Å². The number of para-hydroxylation sites is 2. The second-order valence-electron chi connectivity index (χ2n) is 5.56. The summed E-state index contributed by atoms with van der Waals surface area (Å²) in [6.07, 6.45) is 1.70. The van der Waals surface area contributed by atoms with E-state index >= 15 is 0 Å². The summed E-state index contributed by atoms with van der Waals surface area (Å²) < 4.78 is 5.86. The molecule has 3 aromatic carbocycles. The molecule has 0 aromatic heterocycles. The van der Waals surface area contributed by atoms with Gasteiger partial charge in [0.25, 0.3) is 0 Å². The van der Waals surface area contributed by atoms with E-state index in [1.807, 2.05) is 54.6 Å². The maximum Gasteiger partial charge on any atom is 0.335 e. The molecule has 26 heavy (non-hydrogen) atoms. The summed E-state index contributed by atoms with van der Waals surface area (Å²) in [6, 6.07) is 23.9. The normalized spacial score (nSPS) is 10.6. The average molecular weight is 346 g/mol. The Bertz CT molecular complexity index is 891. The number of carboxylic acid groups (broad SMARTS) is 1. The predicted molar refractivity (Wildman–Crippen MR) is 102 cm³/mol. The van der Waals surface area contributed by atoms with Crippen LogP contribution in [0.3, 0.4) is 0 Å². The van der Waals surface area contributed by atoms with Gasteiger partial charge in [-0.15, -0.1) is 0 Å². The first kappa shape index (κ1) is 17.2. The van der Waals surface area contributed by atoms with E-state index in [0.29, 0.717) is 12.4 Å². The SMILES string of the molecule is O=C(O)c1ccc(COc2ccccc2/C=N/Nc2ccccc2)cc1. The zero-order chi connectivity index (χ0) is 18.2. The number of aromatic carboxylic acids is 1. The number of benzene rings is 3. The highest BCUT2D eigenvalue weighted by Crippen LogP contribution is 2.18. The minimum Gasteiger partial charge on any atom is -0.488 e. The van der Waals surface area contributed by atoms with E-state index in [0.717, 1.165) is 16.8 Å². The van der Waals surface area contributed by atoms with Gasteiger partial charge in [0.05, 0.1) is 17.5 Å².